The highest BCUT2D eigenvalue weighted by atomic mass is 32.2. The van der Waals surface area contributed by atoms with Gasteiger partial charge in [-0.3, -0.25) is 9.69 Å². The summed E-state index contributed by atoms with van der Waals surface area (Å²) in [6, 6.07) is 5.07. The number of hydrogen-bond donors (Lipinski definition) is 1. The number of sulfonamides is 1. The standard InChI is InChI=1S/C20H31N3O4S/c1-15-10-16(2)13-22(12-15)14-20(24)21-18-5-4-17(3)19(11-18)28(25,26)23-6-8-27-9-7-23/h4-5,11,15-16H,6-10,12-14H2,1-3H3,(H,21,24)/t15-,16+. The van der Waals surface area contributed by atoms with Crippen molar-refractivity contribution in [2.75, 3.05) is 51.3 Å². The molecular weight excluding hydrogens is 378 g/mol. The summed E-state index contributed by atoms with van der Waals surface area (Å²) in [5.74, 6) is 1.06. The molecule has 2 atom stereocenters. The molecule has 1 aromatic rings. The fourth-order valence-electron chi connectivity index (χ4n) is 4.21. The van der Waals surface area contributed by atoms with Crippen LogP contribution in [0.1, 0.15) is 25.8 Å². The predicted molar refractivity (Wildman–Crippen MR) is 109 cm³/mol. The molecule has 3 rings (SSSR count). The molecule has 2 fully saturated rings. The molecule has 28 heavy (non-hydrogen) atoms. The van der Waals surface area contributed by atoms with Crippen LogP contribution in [0.5, 0.6) is 0 Å². The summed E-state index contributed by atoms with van der Waals surface area (Å²) >= 11 is 0. The quantitative estimate of drug-likeness (QED) is 0.804. The Bertz CT molecular complexity index is 796. The molecule has 156 valence electrons. The Balaban J connectivity index is 1.69. The van der Waals surface area contributed by atoms with Crippen molar-refractivity contribution in [1.29, 1.82) is 0 Å². The topological polar surface area (TPSA) is 79.0 Å². The molecular formula is C20H31N3O4S. The Morgan fingerprint density at radius 1 is 1.18 bits per heavy atom. The van der Waals surface area contributed by atoms with E-state index in [1.54, 1.807) is 25.1 Å². The van der Waals surface area contributed by atoms with E-state index in [2.05, 4.69) is 24.1 Å². The average Bonchev–Trinajstić information content (AvgIpc) is 2.63. The van der Waals surface area contributed by atoms with Gasteiger partial charge in [0.1, 0.15) is 0 Å². The smallest absolute Gasteiger partial charge is 0.243 e. The first-order valence-corrected chi connectivity index (χ1v) is 11.4. The summed E-state index contributed by atoms with van der Waals surface area (Å²) in [7, 11) is -3.60. The third-order valence-corrected chi connectivity index (χ3v) is 7.41. The van der Waals surface area contributed by atoms with Gasteiger partial charge in [0.05, 0.1) is 24.7 Å². The minimum atomic E-state index is -3.60. The molecule has 1 aromatic carbocycles. The van der Waals surface area contributed by atoms with Gasteiger partial charge in [-0.05, 0) is 42.9 Å². The average molecular weight is 410 g/mol. The van der Waals surface area contributed by atoms with Gasteiger partial charge in [-0.15, -0.1) is 0 Å². The zero-order valence-electron chi connectivity index (χ0n) is 17.0. The number of likely N-dealkylation sites (tertiary alicyclic amines) is 1. The van der Waals surface area contributed by atoms with Gasteiger partial charge in [-0.2, -0.15) is 4.31 Å². The number of anilines is 1. The number of hydrogen-bond acceptors (Lipinski definition) is 5. The van der Waals surface area contributed by atoms with Crippen LogP contribution in [0.4, 0.5) is 5.69 Å². The first kappa shape index (κ1) is 21.2. The van der Waals surface area contributed by atoms with E-state index in [9.17, 15) is 13.2 Å². The predicted octanol–water partition coefficient (Wildman–Crippen LogP) is 1.93. The molecule has 0 bridgehead atoms. The largest absolute Gasteiger partial charge is 0.379 e. The van der Waals surface area contributed by atoms with Gasteiger partial charge in [0.25, 0.3) is 0 Å². The van der Waals surface area contributed by atoms with Crippen LogP contribution in [0.15, 0.2) is 23.1 Å². The number of nitrogens with zero attached hydrogens (tertiary/aromatic N) is 2. The SMILES string of the molecule is Cc1ccc(NC(=O)CN2C[C@H](C)C[C@H](C)C2)cc1S(=O)(=O)N1CCOCC1. The highest BCUT2D eigenvalue weighted by Crippen LogP contribution is 2.25. The lowest BCUT2D eigenvalue weighted by atomic mass is 9.92. The van der Waals surface area contributed by atoms with Crippen molar-refractivity contribution in [2.24, 2.45) is 11.8 Å². The zero-order valence-corrected chi connectivity index (χ0v) is 17.8. The molecule has 0 unspecified atom stereocenters. The van der Waals surface area contributed by atoms with Gasteiger partial charge in [0.15, 0.2) is 0 Å². The van der Waals surface area contributed by atoms with Gasteiger partial charge in [-0.1, -0.05) is 19.9 Å². The zero-order chi connectivity index (χ0) is 20.3. The van der Waals surface area contributed by atoms with E-state index in [-0.39, 0.29) is 10.8 Å². The fraction of sp³-hybridized carbons (Fsp3) is 0.650. The summed E-state index contributed by atoms with van der Waals surface area (Å²) < 4.78 is 32.7. The summed E-state index contributed by atoms with van der Waals surface area (Å²) in [6.45, 7) is 9.87. The van der Waals surface area contributed by atoms with Crippen LogP contribution < -0.4 is 5.32 Å². The molecule has 7 nitrogen and oxygen atoms in total. The lowest BCUT2D eigenvalue weighted by Crippen LogP contribution is -2.42. The highest BCUT2D eigenvalue weighted by molar-refractivity contribution is 7.89. The molecule has 8 heteroatoms. The molecule has 0 saturated carbocycles. The number of piperidine rings is 1. The monoisotopic (exact) mass is 409 g/mol. The Labute approximate surface area is 168 Å². The van der Waals surface area contributed by atoms with Crippen LogP contribution in [0, 0.1) is 18.8 Å². The normalized spacial score (nSPS) is 24.8. The number of ether oxygens (including phenoxy) is 1. The maximum atomic E-state index is 13.0. The van der Waals surface area contributed by atoms with Crippen molar-refractivity contribution >= 4 is 21.6 Å². The summed E-state index contributed by atoms with van der Waals surface area (Å²) in [4.78, 5) is 14.9. The Kier molecular flexibility index (Phi) is 6.75. The number of nitrogens with one attached hydrogen (secondary N) is 1. The number of amides is 1. The minimum absolute atomic E-state index is 0.111. The minimum Gasteiger partial charge on any atom is -0.379 e. The van der Waals surface area contributed by atoms with E-state index in [1.807, 2.05) is 0 Å². The van der Waals surface area contributed by atoms with Crippen LogP contribution in [-0.2, 0) is 19.6 Å². The number of rotatable bonds is 5. The molecule has 2 saturated heterocycles. The fourth-order valence-corrected chi connectivity index (χ4v) is 5.87. The van der Waals surface area contributed by atoms with E-state index < -0.39 is 10.0 Å². The third-order valence-electron chi connectivity index (χ3n) is 5.37. The molecule has 0 radical (unpaired) electrons. The van der Waals surface area contributed by atoms with Crippen LogP contribution in [0.2, 0.25) is 0 Å². The lowest BCUT2D eigenvalue weighted by Gasteiger charge is -2.34. The number of carbonyl (C=O) groups is 1. The van der Waals surface area contributed by atoms with Crippen LogP contribution in [-0.4, -0.2) is 69.5 Å². The van der Waals surface area contributed by atoms with Crippen molar-refractivity contribution < 1.29 is 17.9 Å². The molecule has 0 spiro atoms. The van der Waals surface area contributed by atoms with E-state index >= 15 is 0 Å². The number of benzene rings is 1. The molecule has 2 aliphatic rings. The molecule has 2 heterocycles. The molecule has 0 aromatic heterocycles. The first-order chi connectivity index (χ1) is 13.3. The second kappa shape index (κ2) is 8.90. The molecule has 1 amide bonds. The van der Waals surface area contributed by atoms with Gasteiger partial charge in [-0.25, -0.2) is 8.42 Å². The van der Waals surface area contributed by atoms with E-state index in [0.717, 1.165) is 13.1 Å². The molecule has 1 N–H and O–H groups in total. The van der Waals surface area contributed by atoms with Gasteiger partial charge in [0.2, 0.25) is 15.9 Å². The van der Waals surface area contributed by atoms with E-state index in [4.69, 9.17) is 4.74 Å². The first-order valence-electron chi connectivity index (χ1n) is 9.96. The Morgan fingerprint density at radius 3 is 2.46 bits per heavy atom. The van der Waals surface area contributed by atoms with Crippen molar-refractivity contribution in [3.8, 4) is 0 Å². The van der Waals surface area contributed by atoms with Crippen LogP contribution in [0.3, 0.4) is 0 Å². The maximum absolute atomic E-state index is 13.0. The van der Waals surface area contributed by atoms with Crippen molar-refractivity contribution in [2.45, 2.75) is 32.1 Å². The van der Waals surface area contributed by atoms with E-state index in [1.165, 1.54) is 10.7 Å². The Morgan fingerprint density at radius 2 is 1.82 bits per heavy atom. The third kappa shape index (κ3) is 5.11. The van der Waals surface area contributed by atoms with Gasteiger partial charge < -0.3 is 10.1 Å². The Hall–Kier alpha value is -1.48. The van der Waals surface area contributed by atoms with E-state index in [0.29, 0.717) is 55.9 Å². The number of aryl methyl sites for hydroxylation is 1. The molecule has 2 aliphatic heterocycles. The number of carbonyl (C=O) groups excluding carboxylic acids is 1. The van der Waals surface area contributed by atoms with Gasteiger partial charge in [0, 0.05) is 31.9 Å². The molecule has 0 aliphatic carbocycles. The lowest BCUT2D eigenvalue weighted by molar-refractivity contribution is -0.117. The van der Waals surface area contributed by atoms with Gasteiger partial charge >= 0.3 is 0 Å². The van der Waals surface area contributed by atoms with Crippen LogP contribution in [0.25, 0.3) is 0 Å². The second-order valence-corrected chi connectivity index (χ2v) is 10.1. The number of morpholine rings is 1. The highest BCUT2D eigenvalue weighted by Gasteiger charge is 2.28. The maximum Gasteiger partial charge on any atom is 0.243 e. The summed E-state index contributed by atoms with van der Waals surface area (Å²) in [5, 5.41) is 2.87. The summed E-state index contributed by atoms with van der Waals surface area (Å²) in [6.07, 6.45) is 1.19. The van der Waals surface area contributed by atoms with Crippen molar-refractivity contribution in [1.82, 2.24) is 9.21 Å². The summed E-state index contributed by atoms with van der Waals surface area (Å²) in [5.41, 5.74) is 1.18. The second-order valence-electron chi connectivity index (χ2n) is 8.19. The van der Waals surface area contributed by atoms with Crippen LogP contribution >= 0.6 is 0 Å². The van der Waals surface area contributed by atoms with Crippen molar-refractivity contribution in [3.05, 3.63) is 23.8 Å². The van der Waals surface area contributed by atoms with Crippen molar-refractivity contribution in [3.63, 3.8) is 0 Å².